The van der Waals surface area contributed by atoms with Crippen LogP contribution in [-0.4, -0.2) is 26.4 Å². The summed E-state index contributed by atoms with van der Waals surface area (Å²) in [6.07, 6.45) is -0.00648. The van der Waals surface area contributed by atoms with Crippen molar-refractivity contribution >= 4 is 5.97 Å². The first kappa shape index (κ1) is 9.21. The summed E-state index contributed by atoms with van der Waals surface area (Å²) in [6, 6.07) is 0. The number of carbonyl (C=O) groups is 1. The number of aliphatic carboxylic acids is 1. The average Bonchev–Trinajstić information content (AvgIpc) is 2.48. The molecule has 0 amide bonds. The topological polar surface area (TPSA) is 86.2 Å². The van der Waals surface area contributed by atoms with Gasteiger partial charge < -0.3 is 10.2 Å². The molecule has 5 nitrogen and oxygen atoms in total. The number of hydrogen-bond donors (Lipinski definition) is 3. The molecule has 3 N–H and O–H groups in total. The van der Waals surface area contributed by atoms with Gasteiger partial charge in [0, 0.05) is 17.7 Å². The van der Waals surface area contributed by atoms with E-state index in [4.69, 9.17) is 5.11 Å². The molecule has 76 valence electrons. The summed E-state index contributed by atoms with van der Waals surface area (Å²) in [5, 5.41) is 25.3. The first-order valence-electron chi connectivity index (χ1n) is 4.54. The molecule has 1 aliphatic rings. The zero-order valence-electron chi connectivity index (χ0n) is 7.82. The van der Waals surface area contributed by atoms with Gasteiger partial charge in [-0.3, -0.25) is 9.89 Å². The second-order valence-corrected chi connectivity index (χ2v) is 3.70. The third-order valence-corrected chi connectivity index (χ3v) is 2.70. The smallest absolute Gasteiger partial charge is 0.307 e. The van der Waals surface area contributed by atoms with Crippen molar-refractivity contribution in [1.82, 2.24) is 10.2 Å². The minimum Gasteiger partial charge on any atom is -0.481 e. The van der Waals surface area contributed by atoms with Gasteiger partial charge in [-0.25, -0.2) is 0 Å². The summed E-state index contributed by atoms with van der Waals surface area (Å²) in [5.74, 6) is -1.38. The van der Waals surface area contributed by atoms with E-state index in [1.807, 2.05) is 6.92 Å². The zero-order valence-corrected chi connectivity index (χ0v) is 7.82. The molecule has 0 spiro atoms. The van der Waals surface area contributed by atoms with Crippen molar-refractivity contribution in [2.75, 3.05) is 0 Å². The van der Waals surface area contributed by atoms with Crippen LogP contribution >= 0.6 is 0 Å². The second kappa shape index (κ2) is 3.09. The number of aryl methyl sites for hydroxylation is 1. The molecule has 0 bridgehead atoms. The predicted octanol–water partition coefficient (Wildman–Crippen LogP) is 0.399. The highest BCUT2D eigenvalue weighted by Crippen LogP contribution is 2.33. The molecule has 0 radical (unpaired) electrons. The number of aromatic amines is 1. The molecule has 2 unspecified atom stereocenters. The number of H-pyrrole nitrogens is 1. The minimum atomic E-state index is -0.865. The fraction of sp³-hybridized carbons (Fsp3) is 0.556. The Bertz CT molecular complexity index is 372. The Labute approximate surface area is 80.8 Å². The van der Waals surface area contributed by atoms with Crippen LogP contribution in [0, 0.1) is 12.8 Å². The molecule has 0 aromatic carbocycles. The molecule has 1 heterocycles. The van der Waals surface area contributed by atoms with Crippen molar-refractivity contribution in [3.05, 3.63) is 17.0 Å². The molecule has 14 heavy (non-hydrogen) atoms. The number of aliphatic hydroxyl groups excluding tert-OH is 1. The predicted molar refractivity (Wildman–Crippen MR) is 47.7 cm³/mol. The lowest BCUT2D eigenvalue weighted by atomic mass is 9.85. The maximum Gasteiger partial charge on any atom is 0.307 e. The van der Waals surface area contributed by atoms with Gasteiger partial charge in [0.05, 0.1) is 17.7 Å². The molecule has 1 aromatic heterocycles. The van der Waals surface area contributed by atoms with Gasteiger partial charge in [0.15, 0.2) is 0 Å². The Hall–Kier alpha value is -1.36. The summed E-state index contributed by atoms with van der Waals surface area (Å²) in [4.78, 5) is 10.8. The van der Waals surface area contributed by atoms with E-state index in [1.54, 1.807) is 0 Å². The molecule has 2 rings (SSSR count). The Morgan fingerprint density at radius 3 is 3.00 bits per heavy atom. The van der Waals surface area contributed by atoms with E-state index >= 15 is 0 Å². The van der Waals surface area contributed by atoms with Gasteiger partial charge in [0.1, 0.15) is 0 Å². The van der Waals surface area contributed by atoms with E-state index < -0.39 is 18.0 Å². The van der Waals surface area contributed by atoms with Crippen molar-refractivity contribution in [3.63, 3.8) is 0 Å². The van der Waals surface area contributed by atoms with Crippen LogP contribution in [0.5, 0.6) is 0 Å². The van der Waals surface area contributed by atoms with E-state index in [2.05, 4.69) is 10.2 Å². The summed E-state index contributed by atoms with van der Waals surface area (Å²) in [6.45, 7) is 1.83. The largest absolute Gasteiger partial charge is 0.481 e. The van der Waals surface area contributed by atoms with Crippen LogP contribution in [-0.2, 0) is 11.2 Å². The van der Waals surface area contributed by atoms with E-state index in [9.17, 15) is 9.90 Å². The van der Waals surface area contributed by atoms with Crippen LogP contribution in [0.2, 0.25) is 0 Å². The number of aromatic nitrogens is 2. The highest BCUT2D eigenvalue weighted by molar-refractivity contribution is 5.71. The Morgan fingerprint density at radius 1 is 1.64 bits per heavy atom. The van der Waals surface area contributed by atoms with Gasteiger partial charge in [-0.05, 0) is 13.3 Å². The SMILES string of the molecule is Cc1[nH]nc2c1C(O)CC(C(=O)O)C2. The molecule has 0 saturated heterocycles. The van der Waals surface area contributed by atoms with Gasteiger partial charge >= 0.3 is 5.97 Å². The van der Waals surface area contributed by atoms with Gasteiger partial charge in [-0.1, -0.05) is 0 Å². The number of hydrogen-bond acceptors (Lipinski definition) is 3. The van der Waals surface area contributed by atoms with Crippen LogP contribution in [0.1, 0.15) is 29.5 Å². The molecule has 5 heteroatoms. The number of aliphatic hydroxyl groups is 1. The minimum absolute atomic E-state index is 0.280. The lowest BCUT2D eigenvalue weighted by molar-refractivity contribution is -0.143. The molecule has 1 aromatic rings. The quantitative estimate of drug-likeness (QED) is 0.606. The molecule has 0 fully saturated rings. The van der Waals surface area contributed by atoms with E-state index in [1.165, 1.54) is 0 Å². The maximum atomic E-state index is 10.8. The van der Waals surface area contributed by atoms with Crippen LogP contribution in [0.4, 0.5) is 0 Å². The summed E-state index contributed by atoms with van der Waals surface area (Å²) < 4.78 is 0. The number of rotatable bonds is 1. The fourth-order valence-electron chi connectivity index (χ4n) is 1.98. The van der Waals surface area contributed by atoms with Crippen LogP contribution < -0.4 is 0 Å². The molecular weight excluding hydrogens is 184 g/mol. The van der Waals surface area contributed by atoms with Crippen molar-refractivity contribution in [2.24, 2.45) is 5.92 Å². The third kappa shape index (κ3) is 1.29. The number of carboxylic acids is 1. The van der Waals surface area contributed by atoms with Crippen molar-refractivity contribution in [1.29, 1.82) is 0 Å². The summed E-state index contributed by atoms with van der Waals surface area (Å²) >= 11 is 0. The van der Waals surface area contributed by atoms with Crippen LogP contribution in [0.15, 0.2) is 0 Å². The third-order valence-electron chi connectivity index (χ3n) is 2.70. The zero-order chi connectivity index (χ0) is 10.3. The summed E-state index contributed by atoms with van der Waals surface area (Å²) in [7, 11) is 0. The molecule has 0 aliphatic heterocycles. The van der Waals surface area contributed by atoms with Gasteiger partial charge in [-0.2, -0.15) is 5.10 Å². The first-order valence-corrected chi connectivity index (χ1v) is 4.54. The number of fused-ring (bicyclic) bond motifs is 1. The first-order chi connectivity index (χ1) is 6.59. The van der Waals surface area contributed by atoms with Gasteiger partial charge in [-0.15, -0.1) is 0 Å². The fourth-order valence-corrected chi connectivity index (χ4v) is 1.98. The number of carboxylic acid groups (broad SMARTS) is 1. The lowest BCUT2D eigenvalue weighted by Crippen LogP contribution is -2.25. The Balaban J connectivity index is 2.34. The van der Waals surface area contributed by atoms with Crippen molar-refractivity contribution < 1.29 is 15.0 Å². The molecular formula is C9H12N2O3. The molecule has 0 saturated carbocycles. The lowest BCUT2D eigenvalue weighted by Gasteiger charge is -2.22. The Kier molecular flexibility index (Phi) is 2.03. The monoisotopic (exact) mass is 196 g/mol. The normalized spacial score (nSPS) is 25.9. The van der Waals surface area contributed by atoms with E-state index in [0.29, 0.717) is 12.1 Å². The van der Waals surface area contributed by atoms with Crippen LogP contribution in [0.25, 0.3) is 0 Å². The van der Waals surface area contributed by atoms with Gasteiger partial charge in [0.25, 0.3) is 0 Å². The highest BCUT2D eigenvalue weighted by atomic mass is 16.4. The Morgan fingerprint density at radius 2 is 2.36 bits per heavy atom. The van der Waals surface area contributed by atoms with Crippen LogP contribution in [0.3, 0.4) is 0 Å². The number of nitrogens with one attached hydrogen (secondary N) is 1. The maximum absolute atomic E-state index is 10.8. The van der Waals surface area contributed by atoms with E-state index in [0.717, 1.165) is 11.3 Å². The van der Waals surface area contributed by atoms with E-state index in [-0.39, 0.29) is 6.42 Å². The molecule has 2 atom stereocenters. The average molecular weight is 196 g/mol. The van der Waals surface area contributed by atoms with Crippen molar-refractivity contribution in [3.8, 4) is 0 Å². The second-order valence-electron chi connectivity index (χ2n) is 3.70. The molecule has 1 aliphatic carbocycles. The standard InChI is InChI=1S/C9H12N2O3/c1-4-8-6(11-10-4)2-5(9(13)14)3-7(8)12/h5,7,12H,2-3H2,1H3,(H,10,11)(H,13,14). The van der Waals surface area contributed by atoms with Gasteiger partial charge in [0.2, 0.25) is 0 Å². The van der Waals surface area contributed by atoms with Crippen molar-refractivity contribution in [2.45, 2.75) is 25.9 Å². The highest BCUT2D eigenvalue weighted by Gasteiger charge is 2.32. The summed E-state index contributed by atoms with van der Waals surface area (Å²) in [5.41, 5.74) is 2.30. The number of nitrogens with zero attached hydrogens (tertiary/aromatic N) is 1.